The maximum atomic E-state index is 12.4. The molecule has 0 bridgehead atoms. The monoisotopic (exact) mass is 303 g/mol. The molecule has 0 radical (unpaired) electrons. The molecule has 1 aromatic carbocycles. The maximum absolute atomic E-state index is 12.4. The van der Waals surface area contributed by atoms with Crippen molar-refractivity contribution in [2.75, 3.05) is 18.5 Å². The van der Waals surface area contributed by atoms with Crippen molar-refractivity contribution in [3.8, 4) is 11.5 Å². The van der Waals surface area contributed by atoms with Crippen LogP contribution in [0.15, 0.2) is 30.4 Å². The summed E-state index contributed by atoms with van der Waals surface area (Å²) >= 11 is 0. The molecule has 1 aliphatic heterocycles. The zero-order valence-electron chi connectivity index (χ0n) is 12.0. The Morgan fingerprint density at radius 3 is 2.45 bits per heavy atom. The average molecular weight is 303 g/mol. The van der Waals surface area contributed by atoms with Crippen LogP contribution in [0.5, 0.6) is 11.5 Å². The third-order valence-electron chi connectivity index (χ3n) is 3.90. The molecule has 6 nitrogen and oxygen atoms in total. The van der Waals surface area contributed by atoms with E-state index in [1.54, 1.807) is 18.2 Å². The largest absolute Gasteiger partial charge is 0.486 e. The van der Waals surface area contributed by atoms with Gasteiger partial charge in [0.2, 0.25) is 5.91 Å². The minimum atomic E-state index is -0.938. The van der Waals surface area contributed by atoms with E-state index in [0.29, 0.717) is 43.2 Å². The first kappa shape index (κ1) is 14.4. The number of carboxylic acid groups (broad SMARTS) is 1. The van der Waals surface area contributed by atoms with Crippen molar-refractivity contribution >= 4 is 17.6 Å². The molecule has 0 aromatic heterocycles. The number of amides is 1. The summed E-state index contributed by atoms with van der Waals surface area (Å²) in [4.78, 5) is 23.6. The third-order valence-corrected chi connectivity index (χ3v) is 3.90. The van der Waals surface area contributed by atoms with E-state index in [1.165, 1.54) is 0 Å². The Hall–Kier alpha value is -2.50. The summed E-state index contributed by atoms with van der Waals surface area (Å²) < 4.78 is 10.9. The van der Waals surface area contributed by atoms with E-state index in [1.807, 2.05) is 12.2 Å². The van der Waals surface area contributed by atoms with E-state index < -0.39 is 17.8 Å². The minimum absolute atomic E-state index is 0.284. The lowest BCUT2D eigenvalue weighted by Gasteiger charge is -2.24. The Balaban J connectivity index is 1.73. The van der Waals surface area contributed by atoms with E-state index in [-0.39, 0.29) is 5.91 Å². The Bertz CT molecular complexity index is 625. The summed E-state index contributed by atoms with van der Waals surface area (Å²) in [7, 11) is 0. The van der Waals surface area contributed by atoms with Crippen molar-refractivity contribution in [1.82, 2.24) is 0 Å². The molecule has 0 spiro atoms. The van der Waals surface area contributed by atoms with Gasteiger partial charge in [-0.1, -0.05) is 12.2 Å². The van der Waals surface area contributed by atoms with Gasteiger partial charge in [0.05, 0.1) is 11.8 Å². The van der Waals surface area contributed by atoms with Crippen molar-refractivity contribution in [3.63, 3.8) is 0 Å². The summed E-state index contributed by atoms with van der Waals surface area (Å²) in [5.74, 6) is -1.23. The Morgan fingerprint density at radius 1 is 1.05 bits per heavy atom. The lowest BCUT2D eigenvalue weighted by Crippen LogP contribution is -2.34. The molecule has 1 aromatic rings. The fraction of sp³-hybridized carbons (Fsp3) is 0.375. The minimum Gasteiger partial charge on any atom is -0.486 e. The number of fused-ring (bicyclic) bond motifs is 1. The fourth-order valence-corrected chi connectivity index (χ4v) is 2.73. The molecule has 0 unspecified atom stereocenters. The Morgan fingerprint density at radius 2 is 1.73 bits per heavy atom. The number of nitrogens with one attached hydrogen (secondary N) is 1. The molecule has 0 saturated carbocycles. The average Bonchev–Trinajstić information content (AvgIpc) is 2.54. The molecule has 0 saturated heterocycles. The van der Waals surface area contributed by atoms with Gasteiger partial charge in [0.1, 0.15) is 13.2 Å². The van der Waals surface area contributed by atoms with E-state index >= 15 is 0 Å². The standard InChI is InChI=1S/C16H17NO5/c18-15(11-3-1-2-4-12(11)16(19)20)17-10-5-6-13-14(9-10)22-8-7-21-13/h1-2,5-6,9,11-12H,3-4,7-8H2,(H,17,18)(H,19,20)/t11-,12+/m1/s1. The topological polar surface area (TPSA) is 84.9 Å². The number of hydrogen-bond donors (Lipinski definition) is 2. The molecule has 3 rings (SSSR count). The van der Waals surface area contributed by atoms with E-state index in [0.717, 1.165) is 0 Å². The van der Waals surface area contributed by atoms with E-state index in [9.17, 15) is 14.7 Å². The molecule has 0 fully saturated rings. The number of carbonyl (C=O) groups excluding carboxylic acids is 1. The molecule has 2 N–H and O–H groups in total. The van der Waals surface area contributed by atoms with Crippen LogP contribution in [0.1, 0.15) is 12.8 Å². The van der Waals surface area contributed by atoms with Gasteiger partial charge in [-0.25, -0.2) is 0 Å². The predicted octanol–water partition coefficient (Wildman–Crippen LogP) is 2.06. The van der Waals surface area contributed by atoms with Crippen molar-refractivity contribution < 1.29 is 24.2 Å². The zero-order valence-corrected chi connectivity index (χ0v) is 12.0. The first-order valence-electron chi connectivity index (χ1n) is 7.23. The summed E-state index contributed by atoms with van der Waals surface area (Å²) in [6, 6.07) is 5.15. The number of allylic oxidation sites excluding steroid dienone is 2. The number of ether oxygens (including phenoxy) is 2. The SMILES string of the molecule is O=C(O)[C@H]1CC=CC[C@H]1C(=O)Nc1ccc2c(c1)OCCO2. The second-order valence-corrected chi connectivity index (χ2v) is 5.34. The number of carbonyl (C=O) groups is 2. The van der Waals surface area contributed by atoms with E-state index in [2.05, 4.69) is 5.32 Å². The van der Waals surface area contributed by atoms with Crippen molar-refractivity contribution in [3.05, 3.63) is 30.4 Å². The second-order valence-electron chi connectivity index (χ2n) is 5.34. The fourth-order valence-electron chi connectivity index (χ4n) is 2.73. The highest BCUT2D eigenvalue weighted by Crippen LogP contribution is 2.33. The first-order chi connectivity index (χ1) is 10.6. The molecular formula is C16H17NO5. The number of anilines is 1. The maximum Gasteiger partial charge on any atom is 0.307 e. The molecule has 2 aliphatic rings. The molecule has 116 valence electrons. The van der Waals surface area contributed by atoms with E-state index in [4.69, 9.17) is 9.47 Å². The van der Waals surface area contributed by atoms with Crippen LogP contribution in [0.4, 0.5) is 5.69 Å². The highest BCUT2D eigenvalue weighted by molar-refractivity contribution is 5.95. The Labute approximate surface area is 127 Å². The molecule has 6 heteroatoms. The van der Waals surface area contributed by atoms with Gasteiger partial charge in [0, 0.05) is 11.8 Å². The van der Waals surface area contributed by atoms with Crippen molar-refractivity contribution in [2.24, 2.45) is 11.8 Å². The number of carboxylic acids is 1. The number of aliphatic carboxylic acids is 1. The second kappa shape index (κ2) is 6.09. The van der Waals surface area contributed by atoms with Gasteiger partial charge < -0.3 is 19.9 Å². The van der Waals surface area contributed by atoms with Crippen LogP contribution in [0.25, 0.3) is 0 Å². The molecular weight excluding hydrogens is 286 g/mol. The highest BCUT2D eigenvalue weighted by Gasteiger charge is 2.34. The van der Waals surface area contributed by atoms with Gasteiger partial charge >= 0.3 is 5.97 Å². The zero-order chi connectivity index (χ0) is 15.5. The molecule has 2 atom stereocenters. The number of benzene rings is 1. The third kappa shape index (κ3) is 2.90. The van der Waals surface area contributed by atoms with Crippen LogP contribution >= 0.6 is 0 Å². The van der Waals surface area contributed by atoms with Gasteiger partial charge in [-0.05, 0) is 25.0 Å². The summed E-state index contributed by atoms with van der Waals surface area (Å²) in [5, 5.41) is 12.0. The van der Waals surface area contributed by atoms with Crippen LogP contribution in [-0.2, 0) is 9.59 Å². The lowest BCUT2D eigenvalue weighted by molar-refractivity contribution is -0.146. The number of rotatable bonds is 3. The Kier molecular flexibility index (Phi) is 4.00. The summed E-state index contributed by atoms with van der Waals surface area (Å²) in [6.07, 6.45) is 4.49. The highest BCUT2D eigenvalue weighted by atomic mass is 16.6. The van der Waals surface area contributed by atoms with Gasteiger partial charge in [-0.15, -0.1) is 0 Å². The summed E-state index contributed by atoms with van der Waals surface area (Å²) in [5.41, 5.74) is 0.577. The first-order valence-corrected chi connectivity index (χ1v) is 7.23. The molecule has 22 heavy (non-hydrogen) atoms. The number of hydrogen-bond acceptors (Lipinski definition) is 4. The normalized spacial score (nSPS) is 22.9. The lowest BCUT2D eigenvalue weighted by atomic mass is 9.82. The van der Waals surface area contributed by atoms with Gasteiger partial charge in [0.25, 0.3) is 0 Å². The van der Waals surface area contributed by atoms with Gasteiger partial charge in [-0.2, -0.15) is 0 Å². The molecule has 1 aliphatic carbocycles. The van der Waals surface area contributed by atoms with Crippen molar-refractivity contribution in [2.45, 2.75) is 12.8 Å². The van der Waals surface area contributed by atoms with Gasteiger partial charge in [0.15, 0.2) is 11.5 Å². The van der Waals surface area contributed by atoms with Crippen LogP contribution in [0.3, 0.4) is 0 Å². The van der Waals surface area contributed by atoms with Crippen LogP contribution in [-0.4, -0.2) is 30.2 Å². The predicted molar refractivity (Wildman–Crippen MR) is 79.1 cm³/mol. The van der Waals surface area contributed by atoms with Crippen LogP contribution in [0.2, 0.25) is 0 Å². The quantitative estimate of drug-likeness (QED) is 0.835. The smallest absolute Gasteiger partial charge is 0.307 e. The summed E-state index contributed by atoms with van der Waals surface area (Å²) in [6.45, 7) is 0.978. The molecule has 1 amide bonds. The van der Waals surface area contributed by atoms with Crippen LogP contribution < -0.4 is 14.8 Å². The van der Waals surface area contributed by atoms with Crippen molar-refractivity contribution in [1.29, 1.82) is 0 Å². The van der Waals surface area contributed by atoms with Gasteiger partial charge in [-0.3, -0.25) is 9.59 Å². The molecule has 1 heterocycles. The van der Waals surface area contributed by atoms with Crippen LogP contribution in [0, 0.1) is 11.8 Å².